The first-order valence-electron chi connectivity index (χ1n) is 7.72. The monoisotopic (exact) mass is 286 g/mol. The zero-order chi connectivity index (χ0) is 15.0. The molecule has 1 atom stereocenters. The maximum absolute atomic E-state index is 11.8. The Hall–Kier alpha value is -0.650. The van der Waals surface area contributed by atoms with Gasteiger partial charge in [0.05, 0.1) is 18.2 Å². The summed E-state index contributed by atoms with van der Waals surface area (Å²) in [5.74, 6) is 0.0658. The van der Waals surface area contributed by atoms with Crippen LogP contribution in [0.25, 0.3) is 0 Å². The minimum Gasteiger partial charge on any atom is -0.390 e. The number of amides is 1. The maximum atomic E-state index is 11.8. The molecule has 0 aromatic carbocycles. The molecule has 0 aromatic heterocycles. The average molecular weight is 286 g/mol. The fraction of sp³-hybridized carbons (Fsp3) is 0.933. The van der Waals surface area contributed by atoms with E-state index in [4.69, 9.17) is 4.74 Å². The molecule has 1 fully saturated rings. The van der Waals surface area contributed by atoms with Crippen molar-refractivity contribution in [2.75, 3.05) is 32.8 Å². The molecule has 0 saturated carbocycles. The van der Waals surface area contributed by atoms with E-state index in [2.05, 4.69) is 10.2 Å². The largest absolute Gasteiger partial charge is 0.390 e. The van der Waals surface area contributed by atoms with Gasteiger partial charge in [0, 0.05) is 19.7 Å². The van der Waals surface area contributed by atoms with E-state index in [0.29, 0.717) is 19.7 Å². The van der Waals surface area contributed by atoms with Crippen LogP contribution in [-0.2, 0) is 9.53 Å². The van der Waals surface area contributed by atoms with Gasteiger partial charge in [-0.15, -0.1) is 0 Å². The third-order valence-electron chi connectivity index (χ3n) is 3.62. The van der Waals surface area contributed by atoms with Crippen molar-refractivity contribution >= 4 is 5.91 Å². The molecule has 1 unspecified atom stereocenters. The van der Waals surface area contributed by atoms with Crippen molar-refractivity contribution in [1.82, 2.24) is 10.2 Å². The summed E-state index contributed by atoms with van der Waals surface area (Å²) >= 11 is 0. The van der Waals surface area contributed by atoms with Crippen molar-refractivity contribution in [1.29, 1.82) is 0 Å². The van der Waals surface area contributed by atoms with E-state index in [0.717, 1.165) is 38.8 Å². The van der Waals surface area contributed by atoms with E-state index in [1.54, 1.807) is 0 Å². The molecule has 1 amide bonds. The third kappa shape index (κ3) is 7.82. The zero-order valence-electron chi connectivity index (χ0n) is 13.2. The highest BCUT2D eigenvalue weighted by Crippen LogP contribution is 2.20. The summed E-state index contributed by atoms with van der Waals surface area (Å²) < 4.78 is 5.42. The van der Waals surface area contributed by atoms with E-state index >= 15 is 0 Å². The fourth-order valence-electron chi connectivity index (χ4n) is 2.36. The van der Waals surface area contributed by atoms with Crippen LogP contribution in [0.15, 0.2) is 0 Å². The Labute approximate surface area is 122 Å². The van der Waals surface area contributed by atoms with Crippen LogP contribution in [-0.4, -0.2) is 60.4 Å². The molecule has 1 heterocycles. The molecular formula is C15H30N2O3. The van der Waals surface area contributed by atoms with Gasteiger partial charge in [-0.25, -0.2) is 0 Å². The number of carbonyl (C=O) groups excluding carboxylic acids is 1. The lowest BCUT2D eigenvalue weighted by atomic mass is 9.98. The van der Waals surface area contributed by atoms with Crippen molar-refractivity contribution in [2.45, 2.75) is 58.2 Å². The number of carbonyl (C=O) groups is 1. The number of ether oxygens (including phenoxy) is 1. The van der Waals surface area contributed by atoms with Crippen LogP contribution < -0.4 is 5.32 Å². The molecule has 2 N–H and O–H groups in total. The van der Waals surface area contributed by atoms with Gasteiger partial charge in [0.2, 0.25) is 5.91 Å². The molecule has 1 aliphatic rings. The van der Waals surface area contributed by atoms with Crippen molar-refractivity contribution in [3.05, 3.63) is 0 Å². The molecule has 0 bridgehead atoms. The summed E-state index contributed by atoms with van der Waals surface area (Å²) in [6.07, 6.45) is 3.59. The maximum Gasteiger partial charge on any atom is 0.234 e. The second kappa shape index (κ2) is 8.60. The van der Waals surface area contributed by atoms with Crippen LogP contribution in [0.3, 0.4) is 0 Å². The molecule has 0 spiro atoms. The Morgan fingerprint density at radius 1 is 1.40 bits per heavy atom. The van der Waals surface area contributed by atoms with E-state index in [-0.39, 0.29) is 12.0 Å². The highest BCUT2D eigenvalue weighted by Gasteiger charge is 2.25. The van der Waals surface area contributed by atoms with Gasteiger partial charge in [-0.3, -0.25) is 9.69 Å². The molecule has 1 aliphatic heterocycles. The van der Waals surface area contributed by atoms with Crippen LogP contribution in [0.2, 0.25) is 0 Å². The van der Waals surface area contributed by atoms with Gasteiger partial charge in [-0.05, 0) is 53.0 Å². The SMILES string of the molecule is CC(C)OCCCNC(=O)CN1CCCC(C)(O)CC1. The number of hydrogen-bond acceptors (Lipinski definition) is 4. The number of aliphatic hydroxyl groups is 1. The Bertz CT molecular complexity index is 293. The first-order chi connectivity index (χ1) is 9.39. The fourth-order valence-corrected chi connectivity index (χ4v) is 2.36. The highest BCUT2D eigenvalue weighted by atomic mass is 16.5. The van der Waals surface area contributed by atoms with Gasteiger partial charge < -0.3 is 15.2 Å². The standard InChI is InChI=1S/C15H30N2O3/c1-13(2)20-11-5-8-16-14(18)12-17-9-4-6-15(3,19)7-10-17/h13,19H,4-12H2,1-3H3,(H,16,18). The molecule has 0 radical (unpaired) electrons. The second-order valence-corrected chi connectivity index (χ2v) is 6.25. The van der Waals surface area contributed by atoms with Gasteiger partial charge in [0.15, 0.2) is 0 Å². The van der Waals surface area contributed by atoms with Gasteiger partial charge >= 0.3 is 0 Å². The van der Waals surface area contributed by atoms with Crippen LogP contribution in [0.1, 0.15) is 46.5 Å². The molecule has 0 aromatic rings. The molecule has 0 aliphatic carbocycles. The molecular weight excluding hydrogens is 256 g/mol. The molecule has 1 rings (SSSR count). The number of nitrogens with one attached hydrogen (secondary N) is 1. The van der Waals surface area contributed by atoms with E-state index < -0.39 is 5.60 Å². The van der Waals surface area contributed by atoms with Gasteiger partial charge in [-0.2, -0.15) is 0 Å². The number of likely N-dealkylation sites (tertiary alicyclic amines) is 1. The zero-order valence-corrected chi connectivity index (χ0v) is 13.2. The lowest BCUT2D eigenvalue weighted by Gasteiger charge is -2.22. The quantitative estimate of drug-likeness (QED) is 0.689. The lowest BCUT2D eigenvalue weighted by Crippen LogP contribution is -2.38. The summed E-state index contributed by atoms with van der Waals surface area (Å²) in [6.45, 7) is 9.35. The van der Waals surface area contributed by atoms with Crippen LogP contribution in [0.5, 0.6) is 0 Å². The number of rotatable bonds is 7. The Kier molecular flexibility index (Phi) is 7.48. The van der Waals surface area contributed by atoms with Gasteiger partial charge in [-0.1, -0.05) is 0 Å². The second-order valence-electron chi connectivity index (χ2n) is 6.25. The number of nitrogens with zero attached hydrogens (tertiary/aromatic N) is 1. The van der Waals surface area contributed by atoms with Crippen molar-refractivity contribution in [3.8, 4) is 0 Å². The van der Waals surface area contributed by atoms with Crippen molar-refractivity contribution in [3.63, 3.8) is 0 Å². The predicted octanol–water partition coefficient (Wildman–Crippen LogP) is 1.15. The molecule has 5 nitrogen and oxygen atoms in total. The average Bonchev–Trinajstić information content (AvgIpc) is 2.50. The van der Waals surface area contributed by atoms with Crippen LogP contribution >= 0.6 is 0 Å². The lowest BCUT2D eigenvalue weighted by molar-refractivity contribution is -0.122. The van der Waals surface area contributed by atoms with E-state index in [1.807, 2.05) is 20.8 Å². The molecule has 20 heavy (non-hydrogen) atoms. The van der Waals surface area contributed by atoms with Crippen molar-refractivity contribution < 1.29 is 14.6 Å². The first-order valence-corrected chi connectivity index (χ1v) is 7.72. The van der Waals surface area contributed by atoms with Crippen LogP contribution in [0, 0.1) is 0 Å². The smallest absolute Gasteiger partial charge is 0.234 e. The third-order valence-corrected chi connectivity index (χ3v) is 3.62. The first kappa shape index (κ1) is 17.4. The summed E-state index contributed by atoms with van der Waals surface area (Å²) in [7, 11) is 0. The minimum atomic E-state index is -0.570. The summed E-state index contributed by atoms with van der Waals surface area (Å²) in [5.41, 5.74) is -0.570. The predicted molar refractivity (Wildman–Crippen MR) is 79.6 cm³/mol. The van der Waals surface area contributed by atoms with E-state index in [1.165, 1.54) is 0 Å². The summed E-state index contributed by atoms with van der Waals surface area (Å²) in [6, 6.07) is 0. The Morgan fingerprint density at radius 2 is 2.15 bits per heavy atom. The minimum absolute atomic E-state index is 0.0658. The van der Waals surface area contributed by atoms with Gasteiger partial charge in [0.1, 0.15) is 0 Å². The van der Waals surface area contributed by atoms with Gasteiger partial charge in [0.25, 0.3) is 0 Å². The Balaban J connectivity index is 2.12. The molecule has 118 valence electrons. The number of hydrogen-bond donors (Lipinski definition) is 2. The van der Waals surface area contributed by atoms with Crippen LogP contribution in [0.4, 0.5) is 0 Å². The molecule has 5 heteroatoms. The van der Waals surface area contributed by atoms with Crippen molar-refractivity contribution in [2.24, 2.45) is 0 Å². The topological polar surface area (TPSA) is 61.8 Å². The highest BCUT2D eigenvalue weighted by molar-refractivity contribution is 5.77. The summed E-state index contributed by atoms with van der Waals surface area (Å²) in [5, 5.41) is 12.9. The molecule has 1 saturated heterocycles. The Morgan fingerprint density at radius 3 is 2.85 bits per heavy atom. The normalized spacial score (nSPS) is 24.6. The van der Waals surface area contributed by atoms with E-state index in [9.17, 15) is 9.90 Å². The summed E-state index contributed by atoms with van der Waals surface area (Å²) in [4.78, 5) is 14.0.